The molecule has 0 bridgehead atoms. The lowest BCUT2D eigenvalue weighted by atomic mass is 10.0. The Bertz CT molecular complexity index is 3800. The number of rotatable bonds is 13. The number of amides is 3. The summed E-state index contributed by atoms with van der Waals surface area (Å²) in [5.41, 5.74) is 15.3. The standard InChI is InChI=1S/C33H36N6O4.C30H34N6O3.C3H3ClO.CH4/c1-6-29(40)35-24-11-7-9-22(19-24)26-12-8-10-23-21-34-31(37-30(23)26)36-27-14-13-25(20-28(27)42-5)38-15-17-39(18-16-38)32(41)43-33(2,3)4;1-30(2,3)39-29(37)36-15-13-35(14-16-36)23-11-12-25(26(18-23)38-4)33-28-32-19-21-8-6-10-24(27(21)34-28)20-7-5-9-22(31)17-20;1-2-3(4)5;/h6-14,19-21H,1,15-18H2,2-5H3,(H,35,40)(H,34,36,37);5-12,17-19H,13-16,31H2,1-4H3,(H,32,33,34);2H,1H2;1H4. The fourth-order valence-electron chi connectivity index (χ4n) is 9.51. The molecule has 5 N–H and O–H groups in total. The van der Waals surface area contributed by atoms with Crippen LogP contribution in [0.4, 0.5) is 55.6 Å². The fourth-order valence-corrected chi connectivity index (χ4v) is 9.51. The Morgan fingerprint density at radius 3 is 1.39 bits per heavy atom. The van der Waals surface area contributed by atoms with Gasteiger partial charge in [-0.05, 0) is 125 Å². The number of piperazine rings is 2. The quantitative estimate of drug-likeness (QED) is 0.0477. The zero-order valence-electron chi connectivity index (χ0n) is 50.2. The van der Waals surface area contributed by atoms with Crippen LogP contribution in [0.2, 0.25) is 0 Å². The van der Waals surface area contributed by atoms with Gasteiger partial charge in [0.15, 0.2) is 0 Å². The highest BCUT2D eigenvalue weighted by Crippen LogP contribution is 2.36. The monoisotopic (exact) mass is 1210 g/mol. The minimum atomic E-state index is -0.518. The zero-order valence-corrected chi connectivity index (χ0v) is 51.0. The minimum absolute atomic E-state index is 0. The van der Waals surface area contributed by atoms with Crippen molar-refractivity contribution < 1.29 is 38.1 Å². The van der Waals surface area contributed by atoms with Crippen molar-refractivity contribution >= 4 is 103 Å². The summed E-state index contributed by atoms with van der Waals surface area (Å²) in [6.45, 7) is 23.0. The molecule has 2 aromatic heterocycles. The number of aromatic nitrogens is 4. The van der Waals surface area contributed by atoms with Crippen molar-refractivity contribution in [1.82, 2.24) is 29.7 Å². The van der Waals surface area contributed by atoms with Crippen molar-refractivity contribution in [3.05, 3.63) is 159 Å². The number of carbonyl (C=O) groups is 4. The summed E-state index contributed by atoms with van der Waals surface area (Å²) in [6, 6.07) is 39.2. The Morgan fingerprint density at radius 1 is 0.568 bits per heavy atom. The molecule has 460 valence electrons. The van der Waals surface area contributed by atoms with Crippen molar-refractivity contribution in [3.63, 3.8) is 0 Å². The Balaban J connectivity index is 0.000000231. The summed E-state index contributed by atoms with van der Waals surface area (Å²) in [5, 5.41) is 10.8. The van der Waals surface area contributed by atoms with E-state index >= 15 is 0 Å². The van der Waals surface area contributed by atoms with E-state index < -0.39 is 16.4 Å². The van der Waals surface area contributed by atoms with Gasteiger partial charge < -0.3 is 60.2 Å². The molecule has 0 radical (unpaired) electrons. The van der Waals surface area contributed by atoms with Gasteiger partial charge in [0.1, 0.15) is 22.7 Å². The van der Waals surface area contributed by atoms with E-state index in [9.17, 15) is 19.2 Å². The molecule has 10 rings (SSSR count). The average Bonchev–Trinajstić information content (AvgIpc) is 1.73. The van der Waals surface area contributed by atoms with Crippen molar-refractivity contribution in [1.29, 1.82) is 0 Å². The second-order valence-electron chi connectivity index (χ2n) is 22.2. The average molecular weight is 1210 g/mol. The maximum Gasteiger partial charge on any atom is 0.410 e. The highest BCUT2D eigenvalue weighted by atomic mass is 35.5. The Labute approximate surface area is 519 Å². The molecule has 2 aliphatic heterocycles. The van der Waals surface area contributed by atoms with Gasteiger partial charge in [-0.3, -0.25) is 9.59 Å². The Morgan fingerprint density at radius 2 is 0.989 bits per heavy atom. The van der Waals surface area contributed by atoms with Crippen LogP contribution in [0.1, 0.15) is 49.0 Å². The summed E-state index contributed by atoms with van der Waals surface area (Å²) in [4.78, 5) is 72.8. The number of carbonyl (C=O) groups excluding carboxylic acids is 4. The van der Waals surface area contributed by atoms with E-state index in [2.05, 4.69) is 48.9 Å². The molecule has 20 nitrogen and oxygen atoms in total. The minimum Gasteiger partial charge on any atom is -0.494 e. The third kappa shape index (κ3) is 17.6. The molecular weight excluding hydrogens is 1140 g/mol. The van der Waals surface area contributed by atoms with E-state index in [1.54, 1.807) is 30.2 Å². The third-order valence-electron chi connectivity index (χ3n) is 13.7. The summed E-state index contributed by atoms with van der Waals surface area (Å²) in [5.74, 6) is 1.94. The topological polar surface area (TPSA) is 232 Å². The summed E-state index contributed by atoms with van der Waals surface area (Å²) < 4.78 is 22.5. The largest absolute Gasteiger partial charge is 0.494 e. The molecular formula is C67H77ClN12O8. The number of benzene rings is 6. The molecule has 3 amide bonds. The van der Waals surface area contributed by atoms with Gasteiger partial charge in [0.2, 0.25) is 23.0 Å². The number of hydrogen-bond acceptors (Lipinski definition) is 17. The SMILES string of the molecule is C.C=CC(=O)Cl.C=CC(=O)Nc1cccc(-c2cccc3cnc(Nc4ccc(N5CCN(C(=O)OC(C)(C)C)CC5)cc4OC)nc23)c1.COc1cc(N2CCN(C(=O)OC(C)(C)C)CC2)ccc1Nc1ncc2cccc(-c3cccc(N)c3)c2n1. The summed E-state index contributed by atoms with van der Waals surface area (Å²) in [7, 11) is 3.27. The van der Waals surface area contributed by atoms with Crippen LogP contribution in [-0.4, -0.2) is 131 Å². The predicted molar refractivity (Wildman–Crippen MR) is 354 cm³/mol. The Hall–Kier alpha value is -9.95. The van der Waals surface area contributed by atoms with E-state index in [1.807, 2.05) is 169 Å². The molecule has 21 heteroatoms. The molecule has 0 aliphatic carbocycles. The Kier molecular flexibility index (Phi) is 21.9. The molecule has 6 aromatic carbocycles. The molecule has 2 saturated heterocycles. The van der Waals surface area contributed by atoms with Gasteiger partial charge in [-0.1, -0.05) is 81.2 Å². The van der Waals surface area contributed by atoms with Gasteiger partial charge in [-0.2, -0.15) is 0 Å². The molecule has 0 spiro atoms. The smallest absolute Gasteiger partial charge is 0.410 e. The van der Waals surface area contributed by atoms with Gasteiger partial charge in [0.25, 0.3) is 0 Å². The van der Waals surface area contributed by atoms with Crippen LogP contribution in [0, 0.1) is 0 Å². The highest BCUT2D eigenvalue weighted by Gasteiger charge is 2.28. The number of methoxy groups -OCH3 is 2. The maximum absolute atomic E-state index is 12.5. The first-order chi connectivity index (χ1) is 41.6. The molecule has 0 atom stereocenters. The number of nitrogens with two attached hydrogens (primary N) is 1. The molecule has 0 unspecified atom stereocenters. The first kappa shape index (κ1) is 65.6. The second kappa shape index (κ2) is 29.4. The van der Waals surface area contributed by atoms with E-state index in [4.69, 9.17) is 46.3 Å². The number of anilines is 8. The molecule has 2 aliphatic rings. The number of nitrogens with zero attached hydrogens (tertiary/aromatic N) is 8. The van der Waals surface area contributed by atoms with E-state index in [0.717, 1.165) is 72.9 Å². The van der Waals surface area contributed by atoms with Gasteiger partial charge in [-0.25, -0.2) is 29.5 Å². The fraction of sp³-hybridized carbons (Fsp3) is 0.284. The maximum atomic E-state index is 12.5. The van der Waals surface area contributed by atoms with Crippen LogP contribution in [-0.2, 0) is 19.1 Å². The van der Waals surface area contributed by atoms with Gasteiger partial charge in [0.05, 0.1) is 36.6 Å². The van der Waals surface area contributed by atoms with Crippen LogP contribution in [0.3, 0.4) is 0 Å². The van der Waals surface area contributed by atoms with Crippen molar-refractivity contribution in [2.45, 2.75) is 60.2 Å². The van der Waals surface area contributed by atoms with Gasteiger partial charge in [0, 0.05) is 122 Å². The molecule has 8 aromatic rings. The number of hydrogen-bond donors (Lipinski definition) is 4. The number of nitrogens with one attached hydrogen (secondary N) is 3. The number of allylic oxidation sites excluding steroid dienone is 1. The summed E-state index contributed by atoms with van der Waals surface area (Å²) >= 11 is 4.71. The van der Waals surface area contributed by atoms with Crippen LogP contribution in [0.5, 0.6) is 11.5 Å². The van der Waals surface area contributed by atoms with Gasteiger partial charge in [-0.15, -0.1) is 0 Å². The highest BCUT2D eigenvalue weighted by molar-refractivity contribution is 6.66. The van der Waals surface area contributed by atoms with Crippen molar-refractivity contribution in [2.75, 3.05) is 98.1 Å². The van der Waals surface area contributed by atoms with Crippen molar-refractivity contribution in [2.24, 2.45) is 0 Å². The molecule has 4 heterocycles. The second-order valence-corrected chi connectivity index (χ2v) is 22.6. The first-order valence-electron chi connectivity index (χ1n) is 28.2. The van der Waals surface area contributed by atoms with Crippen LogP contribution >= 0.6 is 11.6 Å². The lowest BCUT2D eigenvalue weighted by Crippen LogP contribution is -2.50. The summed E-state index contributed by atoms with van der Waals surface area (Å²) in [6.07, 6.45) is 5.32. The van der Waals surface area contributed by atoms with Crippen molar-refractivity contribution in [3.8, 4) is 33.8 Å². The number of para-hydroxylation sites is 2. The van der Waals surface area contributed by atoms with E-state index in [0.29, 0.717) is 87.1 Å². The van der Waals surface area contributed by atoms with Gasteiger partial charge >= 0.3 is 12.2 Å². The zero-order chi connectivity index (χ0) is 62.4. The predicted octanol–water partition coefficient (Wildman–Crippen LogP) is 13.5. The molecule has 88 heavy (non-hydrogen) atoms. The number of halogens is 1. The van der Waals surface area contributed by atoms with E-state index in [1.165, 1.54) is 6.08 Å². The van der Waals surface area contributed by atoms with Crippen LogP contribution in [0.25, 0.3) is 44.1 Å². The molecule has 0 saturated carbocycles. The number of fused-ring (bicyclic) bond motifs is 2. The lowest BCUT2D eigenvalue weighted by Gasteiger charge is -2.37. The van der Waals surface area contributed by atoms with Crippen LogP contribution in [0.15, 0.2) is 159 Å². The normalized spacial score (nSPS) is 13.1. The first-order valence-corrected chi connectivity index (χ1v) is 28.6. The molecule has 2 fully saturated rings. The number of nitrogen functional groups attached to an aromatic ring is 1. The van der Waals surface area contributed by atoms with E-state index in [-0.39, 0.29) is 25.5 Å². The number of ether oxygens (including phenoxy) is 4. The van der Waals surface area contributed by atoms with Crippen LogP contribution < -0.4 is 41.0 Å². The third-order valence-corrected chi connectivity index (χ3v) is 13.8. The lowest BCUT2D eigenvalue weighted by molar-refractivity contribution is -0.112.